The minimum atomic E-state index is -0.969. The Bertz CT molecular complexity index is 1050. The Labute approximate surface area is 190 Å². The van der Waals surface area contributed by atoms with E-state index in [2.05, 4.69) is 20.2 Å². The number of nitrogens with two attached hydrogens (primary N) is 1. The van der Waals surface area contributed by atoms with Crippen LogP contribution >= 0.6 is 23.1 Å². The fourth-order valence-electron chi connectivity index (χ4n) is 3.01. The van der Waals surface area contributed by atoms with E-state index in [-0.39, 0.29) is 16.5 Å². The molecule has 0 radical (unpaired) electrons. The van der Waals surface area contributed by atoms with Crippen LogP contribution in [0.25, 0.3) is 0 Å². The average Bonchev–Trinajstić information content (AvgIpc) is 3.17. The number of oxime groups is 1. The van der Waals surface area contributed by atoms with Crippen LogP contribution in [0.5, 0.6) is 0 Å². The molecule has 2 aliphatic heterocycles. The number of hydrogen-bond acceptors (Lipinski definition) is 12. The molecule has 1 unspecified atom stereocenters. The highest BCUT2D eigenvalue weighted by Gasteiger charge is 2.54. The van der Waals surface area contributed by atoms with E-state index in [9.17, 15) is 24.4 Å². The molecule has 12 nitrogen and oxygen atoms in total. The first kappa shape index (κ1) is 23.3. The van der Waals surface area contributed by atoms with E-state index < -0.39 is 47.7 Å². The predicted molar refractivity (Wildman–Crippen MR) is 114 cm³/mol. The molecular formula is C18H19N5O7S2. The number of ether oxygens (including phenoxy) is 2. The number of amides is 2. The molecule has 1 saturated heterocycles. The number of hydrogen-bond donors (Lipinski definition) is 3. The van der Waals surface area contributed by atoms with Crippen molar-refractivity contribution in [2.45, 2.75) is 25.3 Å². The van der Waals surface area contributed by atoms with E-state index >= 15 is 0 Å². The summed E-state index contributed by atoms with van der Waals surface area (Å²) < 4.78 is 9.59. The summed E-state index contributed by atoms with van der Waals surface area (Å²) in [6.07, 6.45) is 3.39. The largest absolute Gasteiger partial charge is 0.428 e. The van der Waals surface area contributed by atoms with Gasteiger partial charge < -0.3 is 25.7 Å². The molecule has 2 amide bonds. The van der Waals surface area contributed by atoms with Crippen molar-refractivity contribution < 1.29 is 33.9 Å². The molecule has 1 aromatic rings. The smallest absolute Gasteiger partial charge is 0.358 e. The molecule has 14 heteroatoms. The second kappa shape index (κ2) is 9.82. The quantitative estimate of drug-likeness (QED) is 0.122. The van der Waals surface area contributed by atoms with E-state index in [1.807, 2.05) is 0 Å². The van der Waals surface area contributed by atoms with Crippen molar-refractivity contribution in [2.75, 3.05) is 18.3 Å². The maximum absolute atomic E-state index is 12.8. The third-order valence-corrected chi connectivity index (χ3v) is 6.35. The average molecular weight is 482 g/mol. The Hall–Kier alpha value is -3.39. The van der Waals surface area contributed by atoms with E-state index in [0.717, 1.165) is 11.3 Å². The number of β-lactam (4-membered cyclic amide) rings is 1. The van der Waals surface area contributed by atoms with Crippen molar-refractivity contribution >= 4 is 57.7 Å². The lowest BCUT2D eigenvalue weighted by Gasteiger charge is -2.49. The summed E-state index contributed by atoms with van der Waals surface area (Å²) in [4.78, 5) is 54.0. The van der Waals surface area contributed by atoms with E-state index in [1.54, 1.807) is 19.1 Å². The molecule has 0 bridgehead atoms. The molecule has 0 aliphatic carbocycles. The number of rotatable bonds is 7. The van der Waals surface area contributed by atoms with E-state index in [1.165, 1.54) is 29.0 Å². The molecule has 0 saturated carbocycles. The van der Waals surface area contributed by atoms with Crippen LogP contribution in [-0.4, -0.2) is 68.5 Å². The fraction of sp³-hybridized carbons (Fsp3) is 0.333. The number of anilines is 1. The molecule has 4 N–H and O–H groups in total. The van der Waals surface area contributed by atoms with Gasteiger partial charge in [0.05, 0.1) is 0 Å². The minimum Gasteiger partial charge on any atom is -0.428 e. The van der Waals surface area contributed by atoms with Crippen molar-refractivity contribution in [1.82, 2.24) is 15.2 Å². The van der Waals surface area contributed by atoms with Crippen molar-refractivity contribution in [3.63, 3.8) is 0 Å². The number of nitrogens with one attached hydrogen (secondary N) is 1. The van der Waals surface area contributed by atoms with Crippen LogP contribution in [0.3, 0.4) is 0 Å². The van der Waals surface area contributed by atoms with Crippen LogP contribution in [0, 0.1) is 0 Å². The molecule has 0 spiro atoms. The zero-order valence-electron chi connectivity index (χ0n) is 16.9. The minimum absolute atomic E-state index is 0.0119. The van der Waals surface area contributed by atoms with Crippen LogP contribution < -0.4 is 11.1 Å². The third-order valence-electron chi connectivity index (χ3n) is 4.38. The fourth-order valence-corrected chi connectivity index (χ4v) is 4.88. The summed E-state index contributed by atoms with van der Waals surface area (Å²) in [7, 11) is 0. The summed E-state index contributed by atoms with van der Waals surface area (Å²) in [5.74, 6) is -2.46. The number of fused-ring (bicyclic) bond motifs is 1. The zero-order valence-corrected chi connectivity index (χ0v) is 18.6. The summed E-state index contributed by atoms with van der Waals surface area (Å²) in [5.41, 5.74) is 5.78. The SMILES string of the molecule is C/C=C\C1=C(C(=O)OCOC(C)=O)N2C(=O)C(NC(=O)/C(=N\O)c3csc(N)n3)[C@H]2SC1. The van der Waals surface area contributed by atoms with Gasteiger partial charge in [0.2, 0.25) is 6.79 Å². The number of nitrogens with zero attached hydrogens (tertiary/aromatic N) is 3. The standard InChI is InChI=1S/C18H19N5O7S2/c1-3-4-9-5-31-16-12(21-14(25)11(22-28)10-6-32-18(19)20-10)15(26)23(16)13(9)17(27)30-7-29-8(2)24/h3-4,6,12,16,28H,5,7H2,1-2H3,(H2,19,20)(H,21,25)/b4-3-,22-11-/t12?,16-/m1/s1. The van der Waals surface area contributed by atoms with Crippen molar-refractivity contribution in [1.29, 1.82) is 0 Å². The summed E-state index contributed by atoms with van der Waals surface area (Å²) in [5, 5.41) is 15.7. The first-order chi connectivity index (χ1) is 15.3. The van der Waals surface area contributed by atoms with Gasteiger partial charge in [-0.25, -0.2) is 9.78 Å². The summed E-state index contributed by atoms with van der Waals surface area (Å²) in [6, 6.07) is -0.969. The lowest BCUT2D eigenvalue weighted by molar-refractivity contribution is -0.166. The third kappa shape index (κ3) is 4.60. The summed E-state index contributed by atoms with van der Waals surface area (Å²) >= 11 is 2.40. The van der Waals surface area contributed by atoms with Crippen LogP contribution in [0.1, 0.15) is 19.5 Å². The van der Waals surface area contributed by atoms with Crippen LogP contribution in [0.15, 0.2) is 34.0 Å². The predicted octanol–water partition coefficient (Wildman–Crippen LogP) is 0.198. The molecule has 2 aliphatic rings. The first-order valence-corrected chi connectivity index (χ1v) is 11.1. The number of carbonyl (C=O) groups excluding carboxylic acids is 4. The van der Waals surface area contributed by atoms with Crippen molar-refractivity contribution in [2.24, 2.45) is 5.16 Å². The summed E-state index contributed by atoms with van der Waals surface area (Å²) in [6.45, 7) is 2.34. The van der Waals surface area contributed by atoms with Gasteiger partial charge in [0.1, 0.15) is 22.8 Å². The van der Waals surface area contributed by atoms with Gasteiger partial charge in [-0.05, 0) is 12.5 Å². The molecule has 1 aromatic heterocycles. The topological polar surface area (TPSA) is 174 Å². The van der Waals surface area contributed by atoms with Gasteiger partial charge in [-0.15, -0.1) is 23.1 Å². The molecule has 3 heterocycles. The van der Waals surface area contributed by atoms with E-state index in [0.29, 0.717) is 11.3 Å². The Balaban J connectivity index is 1.76. The second-order valence-electron chi connectivity index (χ2n) is 6.44. The van der Waals surface area contributed by atoms with Gasteiger partial charge in [0, 0.05) is 18.1 Å². The van der Waals surface area contributed by atoms with Gasteiger partial charge in [-0.2, -0.15) is 0 Å². The maximum atomic E-state index is 12.8. The Kier molecular flexibility index (Phi) is 7.15. The van der Waals surface area contributed by atoms with Gasteiger partial charge in [0.25, 0.3) is 11.8 Å². The maximum Gasteiger partial charge on any atom is 0.358 e. The molecular weight excluding hydrogens is 462 g/mol. The number of nitrogen functional groups attached to an aromatic ring is 1. The highest BCUT2D eigenvalue weighted by molar-refractivity contribution is 8.00. The zero-order chi connectivity index (χ0) is 23.4. The highest BCUT2D eigenvalue weighted by atomic mass is 32.2. The molecule has 1 fully saturated rings. The number of allylic oxidation sites excluding steroid dienone is 2. The Morgan fingerprint density at radius 3 is 2.78 bits per heavy atom. The Morgan fingerprint density at radius 1 is 1.44 bits per heavy atom. The van der Waals surface area contributed by atoms with Gasteiger partial charge in [-0.3, -0.25) is 19.3 Å². The van der Waals surface area contributed by atoms with Gasteiger partial charge in [-0.1, -0.05) is 17.3 Å². The van der Waals surface area contributed by atoms with Crippen LogP contribution in [0.2, 0.25) is 0 Å². The molecule has 3 rings (SSSR count). The van der Waals surface area contributed by atoms with Gasteiger partial charge >= 0.3 is 11.9 Å². The van der Waals surface area contributed by atoms with E-state index in [4.69, 9.17) is 10.5 Å². The second-order valence-corrected chi connectivity index (χ2v) is 8.43. The van der Waals surface area contributed by atoms with Crippen molar-refractivity contribution in [3.05, 3.63) is 34.5 Å². The number of esters is 2. The highest BCUT2D eigenvalue weighted by Crippen LogP contribution is 2.41. The lowest BCUT2D eigenvalue weighted by atomic mass is 10.0. The molecule has 2 atom stereocenters. The number of thioether (sulfide) groups is 1. The number of thiazole rings is 1. The van der Waals surface area contributed by atoms with Crippen molar-refractivity contribution in [3.8, 4) is 0 Å². The molecule has 32 heavy (non-hydrogen) atoms. The lowest BCUT2D eigenvalue weighted by Crippen LogP contribution is -2.71. The van der Waals surface area contributed by atoms with Crippen LogP contribution in [0.4, 0.5) is 5.13 Å². The monoisotopic (exact) mass is 481 g/mol. The first-order valence-electron chi connectivity index (χ1n) is 9.13. The molecule has 170 valence electrons. The normalized spacial score (nSPS) is 20.6. The Morgan fingerprint density at radius 2 is 2.19 bits per heavy atom. The van der Waals surface area contributed by atoms with Crippen LogP contribution in [-0.2, 0) is 28.7 Å². The molecule has 0 aromatic carbocycles. The number of aromatic nitrogens is 1. The van der Waals surface area contributed by atoms with Gasteiger partial charge in [0.15, 0.2) is 10.8 Å². The number of carbonyl (C=O) groups is 4.